The molecule has 1 saturated carbocycles. The van der Waals surface area contributed by atoms with Crippen LogP contribution in [-0.4, -0.2) is 28.8 Å². The molecule has 1 aliphatic carbocycles. The summed E-state index contributed by atoms with van der Waals surface area (Å²) in [4.78, 5) is 12.2. The molecule has 0 saturated heterocycles. The van der Waals surface area contributed by atoms with Crippen molar-refractivity contribution in [2.75, 3.05) is 13.1 Å². The van der Waals surface area contributed by atoms with E-state index >= 15 is 0 Å². The highest BCUT2D eigenvalue weighted by atomic mass is 16.2. The number of aryl methyl sites for hydroxylation is 1. The topological polar surface area (TPSA) is 72.9 Å². The van der Waals surface area contributed by atoms with Gasteiger partial charge in [-0.2, -0.15) is 5.10 Å². The minimum atomic E-state index is -0.306. The second-order valence-corrected chi connectivity index (χ2v) is 5.23. The Hall–Kier alpha value is -1.36. The van der Waals surface area contributed by atoms with Crippen molar-refractivity contribution in [1.82, 2.24) is 15.1 Å². The van der Waals surface area contributed by atoms with Gasteiger partial charge in [0.2, 0.25) is 5.91 Å². The van der Waals surface area contributed by atoms with Gasteiger partial charge in [-0.05, 0) is 25.3 Å². The molecular weight excluding hydrogens is 228 g/mol. The molecule has 3 N–H and O–H groups in total. The van der Waals surface area contributed by atoms with E-state index in [4.69, 9.17) is 5.73 Å². The summed E-state index contributed by atoms with van der Waals surface area (Å²) in [6, 6.07) is 0. The van der Waals surface area contributed by atoms with Crippen molar-refractivity contribution in [3.63, 3.8) is 0 Å². The van der Waals surface area contributed by atoms with E-state index in [-0.39, 0.29) is 11.3 Å². The largest absolute Gasteiger partial charge is 0.354 e. The minimum absolute atomic E-state index is 0.117. The third-order valence-corrected chi connectivity index (χ3v) is 3.82. The van der Waals surface area contributed by atoms with E-state index in [0.717, 1.165) is 31.2 Å². The van der Waals surface area contributed by atoms with Crippen molar-refractivity contribution >= 4 is 5.91 Å². The number of aromatic nitrogens is 2. The van der Waals surface area contributed by atoms with E-state index in [1.54, 1.807) is 0 Å². The van der Waals surface area contributed by atoms with Crippen LogP contribution in [0.1, 0.15) is 31.2 Å². The van der Waals surface area contributed by atoms with Crippen LogP contribution in [0.15, 0.2) is 12.4 Å². The van der Waals surface area contributed by atoms with Crippen LogP contribution >= 0.6 is 0 Å². The van der Waals surface area contributed by atoms with Gasteiger partial charge >= 0.3 is 0 Å². The molecule has 5 heteroatoms. The summed E-state index contributed by atoms with van der Waals surface area (Å²) in [6.45, 7) is 3.78. The van der Waals surface area contributed by atoms with Crippen LogP contribution < -0.4 is 11.1 Å². The Bertz CT molecular complexity index is 407. The third kappa shape index (κ3) is 2.72. The second-order valence-electron chi connectivity index (χ2n) is 5.23. The fourth-order valence-corrected chi connectivity index (χ4v) is 2.64. The van der Waals surface area contributed by atoms with Crippen LogP contribution in [0.4, 0.5) is 0 Å². The van der Waals surface area contributed by atoms with Crippen molar-refractivity contribution in [2.45, 2.75) is 39.2 Å². The first-order valence-electron chi connectivity index (χ1n) is 6.64. The fourth-order valence-electron chi connectivity index (χ4n) is 2.64. The van der Waals surface area contributed by atoms with Crippen LogP contribution in [0.3, 0.4) is 0 Å². The summed E-state index contributed by atoms with van der Waals surface area (Å²) in [5, 5.41) is 7.18. The van der Waals surface area contributed by atoms with Gasteiger partial charge in [0.15, 0.2) is 0 Å². The molecule has 1 aromatic heterocycles. The van der Waals surface area contributed by atoms with E-state index in [1.807, 2.05) is 24.0 Å². The number of amides is 1. The Labute approximate surface area is 108 Å². The smallest absolute Gasteiger partial charge is 0.227 e. The Kier molecular flexibility index (Phi) is 4.01. The van der Waals surface area contributed by atoms with Crippen LogP contribution in [0.2, 0.25) is 0 Å². The molecule has 0 aliphatic heterocycles. The molecule has 0 spiro atoms. The zero-order valence-corrected chi connectivity index (χ0v) is 11.0. The molecule has 1 fully saturated rings. The van der Waals surface area contributed by atoms with Crippen LogP contribution in [0, 0.1) is 12.3 Å². The van der Waals surface area contributed by atoms with E-state index in [0.29, 0.717) is 19.6 Å². The van der Waals surface area contributed by atoms with Crippen molar-refractivity contribution < 1.29 is 4.79 Å². The third-order valence-electron chi connectivity index (χ3n) is 3.82. The maximum Gasteiger partial charge on any atom is 0.227 e. The Morgan fingerprint density at radius 2 is 2.28 bits per heavy atom. The number of rotatable bonds is 5. The monoisotopic (exact) mass is 250 g/mol. The van der Waals surface area contributed by atoms with Crippen LogP contribution in [-0.2, 0) is 11.3 Å². The lowest BCUT2D eigenvalue weighted by Crippen LogP contribution is -2.45. The summed E-state index contributed by atoms with van der Waals surface area (Å²) in [5.41, 5.74) is 6.61. The van der Waals surface area contributed by atoms with E-state index in [9.17, 15) is 4.79 Å². The van der Waals surface area contributed by atoms with Gasteiger partial charge in [-0.25, -0.2) is 0 Å². The zero-order chi connectivity index (χ0) is 13.0. The van der Waals surface area contributed by atoms with E-state index < -0.39 is 0 Å². The normalized spacial score (nSPS) is 17.9. The van der Waals surface area contributed by atoms with E-state index in [1.165, 1.54) is 0 Å². The van der Waals surface area contributed by atoms with Gasteiger partial charge in [-0.15, -0.1) is 0 Å². The molecule has 1 aliphatic rings. The summed E-state index contributed by atoms with van der Waals surface area (Å²) in [6.07, 6.45) is 7.87. The molecule has 2 rings (SSSR count). The number of carbonyl (C=O) groups excluding carboxylic acids is 1. The van der Waals surface area contributed by atoms with Gasteiger partial charge in [-0.3, -0.25) is 9.48 Å². The molecule has 1 heterocycles. The van der Waals surface area contributed by atoms with Gasteiger partial charge in [0.05, 0.1) is 18.2 Å². The SMILES string of the molecule is Cc1cnn(CCNC(=O)C2(CN)CCCC2)c1. The minimum Gasteiger partial charge on any atom is -0.354 e. The Morgan fingerprint density at radius 1 is 1.56 bits per heavy atom. The average molecular weight is 250 g/mol. The molecule has 1 aromatic rings. The predicted octanol–water partition coefficient (Wildman–Crippen LogP) is 0.827. The highest BCUT2D eigenvalue weighted by molar-refractivity contribution is 5.83. The number of nitrogens with one attached hydrogen (secondary N) is 1. The number of nitrogens with zero attached hydrogens (tertiary/aromatic N) is 2. The molecule has 18 heavy (non-hydrogen) atoms. The van der Waals surface area contributed by atoms with Crippen LogP contribution in [0.5, 0.6) is 0 Å². The van der Waals surface area contributed by atoms with Crippen molar-refractivity contribution in [3.05, 3.63) is 18.0 Å². The summed E-state index contributed by atoms with van der Waals surface area (Å²) < 4.78 is 1.85. The first-order chi connectivity index (χ1) is 8.66. The average Bonchev–Trinajstić information content (AvgIpc) is 2.99. The van der Waals surface area contributed by atoms with Gasteiger partial charge in [0.25, 0.3) is 0 Å². The number of nitrogens with two attached hydrogens (primary N) is 1. The summed E-state index contributed by atoms with van der Waals surface area (Å²) in [7, 11) is 0. The Balaban J connectivity index is 1.81. The molecule has 5 nitrogen and oxygen atoms in total. The van der Waals surface area contributed by atoms with Crippen molar-refractivity contribution in [1.29, 1.82) is 0 Å². The quantitative estimate of drug-likeness (QED) is 0.813. The van der Waals surface area contributed by atoms with Crippen molar-refractivity contribution in [3.8, 4) is 0 Å². The number of hydrogen-bond donors (Lipinski definition) is 2. The lowest BCUT2D eigenvalue weighted by Gasteiger charge is -2.25. The predicted molar refractivity (Wildman–Crippen MR) is 69.9 cm³/mol. The highest BCUT2D eigenvalue weighted by Crippen LogP contribution is 2.37. The first-order valence-corrected chi connectivity index (χ1v) is 6.64. The lowest BCUT2D eigenvalue weighted by molar-refractivity contribution is -0.130. The molecule has 0 unspecified atom stereocenters. The number of carbonyl (C=O) groups is 1. The second kappa shape index (κ2) is 5.52. The van der Waals surface area contributed by atoms with Gasteiger partial charge in [-0.1, -0.05) is 12.8 Å². The zero-order valence-electron chi connectivity index (χ0n) is 11.0. The highest BCUT2D eigenvalue weighted by Gasteiger charge is 2.39. The fraction of sp³-hybridized carbons (Fsp3) is 0.692. The van der Waals surface area contributed by atoms with E-state index in [2.05, 4.69) is 10.4 Å². The standard InChI is InChI=1S/C13H22N4O/c1-11-8-16-17(9-11)7-6-15-12(18)13(10-14)4-2-3-5-13/h8-9H,2-7,10,14H2,1H3,(H,15,18). The number of hydrogen-bond acceptors (Lipinski definition) is 3. The molecule has 0 aromatic carbocycles. The van der Waals surface area contributed by atoms with Gasteiger partial charge < -0.3 is 11.1 Å². The first kappa shape index (κ1) is 13.1. The summed E-state index contributed by atoms with van der Waals surface area (Å²) >= 11 is 0. The van der Waals surface area contributed by atoms with Crippen molar-refractivity contribution in [2.24, 2.45) is 11.1 Å². The molecular formula is C13H22N4O. The summed E-state index contributed by atoms with van der Waals surface area (Å²) in [5.74, 6) is 0.117. The maximum atomic E-state index is 12.2. The molecule has 0 atom stereocenters. The van der Waals surface area contributed by atoms with Gasteiger partial charge in [0.1, 0.15) is 0 Å². The van der Waals surface area contributed by atoms with Crippen LogP contribution in [0.25, 0.3) is 0 Å². The molecule has 1 amide bonds. The molecule has 0 radical (unpaired) electrons. The lowest BCUT2D eigenvalue weighted by atomic mass is 9.85. The Morgan fingerprint density at radius 3 is 2.83 bits per heavy atom. The maximum absolute atomic E-state index is 12.2. The molecule has 0 bridgehead atoms. The molecule has 100 valence electrons. The van der Waals surface area contributed by atoms with Gasteiger partial charge in [0, 0.05) is 19.3 Å².